The zero-order valence-electron chi connectivity index (χ0n) is 13.4. The highest BCUT2D eigenvalue weighted by Gasteiger charge is 2.35. The fourth-order valence-electron chi connectivity index (χ4n) is 3.52. The van der Waals surface area contributed by atoms with E-state index >= 15 is 0 Å². The van der Waals surface area contributed by atoms with E-state index in [4.69, 9.17) is 21.1 Å². The van der Waals surface area contributed by atoms with Crippen LogP contribution in [0.4, 0.5) is 0 Å². The molecule has 2 aliphatic carbocycles. The summed E-state index contributed by atoms with van der Waals surface area (Å²) in [5.74, 6) is 0.869. The van der Waals surface area contributed by atoms with Crippen molar-refractivity contribution in [3.05, 3.63) is 22.7 Å². The van der Waals surface area contributed by atoms with E-state index in [9.17, 15) is 9.90 Å². The molecule has 0 aromatic heterocycles. The average Bonchev–Trinajstić information content (AvgIpc) is 3.22. The first-order chi connectivity index (χ1) is 11.1. The maximum absolute atomic E-state index is 11.2. The number of rotatable bonds is 7. The van der Waals surface area contributed by atoms with Crippen LogP contribution in [0.2, 0.25) is 5.02 Å². The number of halogens is 1. The molecule has 1 aromatic rings. The van der Waals surface area contributed by atoms with Crippen molar-refractivity contribution in [1.82, 2.24) is 0 Å². The lowest BCUT2D eigenvalue weighted by Gasteiger charge is -2.21. The second kappa shape index (κ2) is 7.00. The second-order valence-electron chi connectivity index (χ2n) is 6.60. The van der Waals surface area contributed by atoms with Gasteiger partial charge in [0, 0.05) is 0 Å². The van der Waals surface area contributed by atoms with Crippen LogP contribution in [0.15, 0.2) is 12.1 Å². The first kappa shape index (κ1) is 16.4. The third-order valence-electron chi connectivity index (χ3n) is 4.85. The minimum absolute atomic E-state index is 0.00170. The highest BCUT2D eigenvalue weighted by atomic mass is 35.5. The monoisotopic (exact) mass is 338 g/mol. The summed E-state index contributed by atoms with van der Waals surface area (Å²) in [6.07, 6.45) is 6.97. The Kier molecular flexibility index (Phi) is 5.00. The molecular weight excluding hydrogens is 316 g/mol. The van der Waals surface area contributed by atoms with Crippen molar-refractivity contribution in [2.45, 2.75) is 57.0 Å². The van der Waals surface area contributed by atoms with E-state index in [1.54, 1.807) is 7.11 Å². The number of hydrogen-bond acceptors (Lipinski definition) is 3. The van der Waals surface area contributed by atoms with Crippen LogP contribution < -0.4 is 9.47 Å². The van der Waals surface area contributed by atoms with E-state index in [-0.39, 0.29) is 18.4 Å². The van der Waals surface area contributed by atoms with Crippen LogP contribution in [0.5, 0.6) is 11.5 Å². The molecule has 1 unspecified atom stereocenters. The van der Waals surface area contributed by atoms with Crippen molar-refractivity contribution in [3.63, 3.8) is 0 Å². The maximum Gasteiger partial charge on any atom is 0.303 e. The number of ether oxygens (including phenoxy) is 2. The normalized spacial score (nSPS) is 19.6. The molecular formula is C18H23ClO4. The molecule has 126 valence electrons. The van der Waals surface area contributed by atoms with Crippen LogP contribution in [-0.2, 0) is 4.79 Å². The standard InChI is InChI=1S/C18H23ClO4/c1-22-18-15(19)8-12(14(10-17(20)21)11-6-7-11)9-16(18)23-13-4-2-3-5-13/h8-9,11,13-14H,2-7,10H2,1H3,(H,20,21). The van der Waals surface area contributed by atoms with Crippen LogP contribution >= 0.6 is 11.6 Å². The lowest BCUT2D eigenvalue weighted by atomic mass is 9.90. The molecule has 4 nitrogen and oxygen atoms in total. The zero-order valence-corrected chi connectivity index (χ0v) is 14.1. The molecule has 1 N–H and O–H groups in total. The quantitative estimate of drug-likeness (QED) is 0.787. The summed E-state index contributed by atoms with van der Waals surface area (Å²) < 4.78 is 11.5. The van der Waals surface area contributed by atoms with E-state index in [0.29, 0.717) is 22.4 Å². The molecule has 0 saturated heterocycles. The van der Waals surface area contributed by atoms with Crippen molar-refractivity contribution in [3.8, 4) is 11.5 Å². The van der Waals surface area contributed by atoms with Gasteiger partial charge >= 0.3 is 5.97 Å². The Morgan fingerprint density at radius 3 is 2.57 bits per heavy atom. The summed E-state index contributed by atoms with van der Waals surface area (Å²) in [5.41, 5.74) is 0.952. The van der Waals surface area contributed by atoms with Crippen molar-refractivity contribution in [2.24, 2.45) is 5.92 Å². The molecule has 0 radical (unpaired) electrons. The molecule has 2 aliphatic rings. The molecule has 1 aromatic carbocycles. The van der Waals surface area contributed by atoms with Crippen molar-refractivity contribution < 1.29 is 19.4 Å². The Bertz CT molecular complexity index is 577. The van der Waals surface area contributed by atoms with Crippen molar-refractivity contribution in [1.29, 1.82) is 0 Å². The van der Waals surface area contributed by atoms with Crippen molar-refractivity contribution in [2.75, 3.05) is 7.11 Å². The lowest BCUT2D eigenvalue weighted by Crippen LogP contribution is -2.13. The largest absolute Gasteiger partial charge is 0.491 e. The molecule has 23 heavy (non-hydrogen) atoms. The Balaban J connectivity index is 1.90. The summed E-state index contributed by atoms with van der Waals surface area (Å²) in [6.45, 7) is 0. The molecule has 0 bridgehead atoms. The summed E-state index contributed by atoms with van der Waals surface area (Å²) in [4.78, 5) is 11.2. The Hall–Kier alpha value is -1.42. The van der Waals surface area contributed by atoms with E-state index in [1.807, 2.05) is 12.1 Å². The number of methoxy groups -OCH3 is 1. The fourth-order valence-corrected chi connectivity index (χ4v) is 3.81. The highest BCUT2D eigenvalue weighted by molar-refractivity contribution is 6.32. The van der Waals surface area contributed by atoms with Gasteiger partial charge in [0.2, 0.25) is 0 Å². The first-order valence-corrected chi connectivity index (χ1v) is 8.72. The molecule has 0 heterocycles. The second-order valence-corrected chi connectivity index (χ2v) is 7.01. The Labute approximate surface area is 141 Å². The van der Waals surface area contributed by atoms with Crippen molar-refractivity contribution >= 4 is 17.6 Å². The zero-order chi connectivity index (χ0) is 16.4. The van der Waals surface area contributed by atoms with Gasteiger partial charge in [0.05, 0.1) is 24.7 Å². The summed E-state index contributed by atoms with van der Waals surface area (Å²) in [7, 11) is 1.58. The van der Waals surface area contributed by atoms with Crippen LogP contribution in [0.25, 0.3) is 0 Å². The summed E-state index contributed by atoms with van der Waals surface area (Å²) in [5, 5.41) is 9.70. The topological polar surface area (TPSA) is 55.8 Å². The summed E-state index contributed by atoms with van der Waals surface area (Å²) in [6, 6.07) is 3.78. The molecule has 2 saturated carbocycles. The molecule has 2 fully saturated rings. The number of benzene rings is 1. The van der Waals surface area contributed by atoms with E-state index in [1.165, 1.54) is 12.8 Å². The van der Waals surface area contributed by atoms with E-state index in [0.717, 1.165) is 31.2 Å². The number of hydrogen-bond donors (Lipinski definition) is 1. The van der Waals surface area contributed by atoms with Gasteiger partial charge in [-0.2, -0.15) is 0 Å². The average molecular weight is 339 g/mol. The predicted octanol–water partition coefficient (Wildman–Crippen LogP) is 4.64. The van der Waals surface area contributed by atoms with Gasteiger partial charge in [-0.25, -0.2) is 0 Å². The van der Waals surface area contributed by atoms with Crippen LogP contribution in [0.1, 0.15) is 56.4 Å². The van der Waals surface area contributed by atoms with E-state index < -0.39 is 5.97 Å². The lowest BCUT2D eigenvalue weighted by molar-refractivity contribution is -0.137. The number of carbonyl (C=O) groups is 1. The fraction of sp³-hybridized carbons (Fsp3) is 0.611. The highest BCUT2D eigenvalue weighted by Crippen LogP contribution is 2.48. The third-order valence-corrected chi connectivity index (χ3v) is 5.13. The molecule has 0 aliphatic heterocycles. The van der Waals surface area contributed by atoms with E-state index in [2.05, 4.69) is 0 Å². The maximum atomic E-state index is 11.2. The van der Waals surface area contributed by atoms with Crippen LogP contribution in [0, 0.1) is 5.92 Å². The Morgan fingerprint density at radius 1 is 1.30 bits per heavy atom. The van der Waals surface area contributed by atoms with Crippen LogP contribution in [0.3, 0.4) is 0 Å². The predicted molar refractivity (Wildman–Crippen MR) is 88.6 cm³/mol. The van der Waals surface area contributed by atoms with Gasteiger partial charge in [0.15, 0.2) is 11.5 Å². The molecule has 1 atom stereocenters. The summed E-state index contributed by atoms with van der Waals surface area (Å²) >= 11 is 6.37. The van der Waals surface area contributed by atoms with Gasteiger partial charge in [-0.3, -0.25) is 4.79 Å². The molecule has 0 spiro atoms. The Morgan fingerprint density at radius 2 is 2.00 bits per heavy atom. The van der Waals surface area contributed by atoms with Gasteiger partial charge in [0.25, 0.3) is 0 Å². The SMILES string of the molecule is COc1c(Cl)cc(C(CC(=O)O)C2CC2)cc1OC1CCCC1. The first-order valence-electron chi connectivity index (χ1n) is 8.34. The van der Waals surface area contributed by atoms with Crippen LogP contribution in [-0.4, -0.2) is 24.3 Å². The van der Waals surface area contributed by atoms with Gasteiger partial charge < -0.3 is 14.6 Å². The number of carboxylic acids is 1. The third kappa shape index (κ3) is 3.92. The van der Waals surface area contributed by atoms with Gasteiger partial charge in [0.1, 0.15) is 0 Å². The van der Waals surface area contributed by atoms with Gasteiger partial charge in [-0.1, -0.05) is 11.6 Å². The molecule has 5 heteroatoms. The smallest absolute Gasteiger partial charge is 0.303 e. The molecule has 0 amide bonds. The minimum atomic E-state index is -0.771. The van der Waals surface area contributed by atoms with Gasteiger partial charge in [-0.05, 0) is 68.1 Å². The minimum Gasteiger partial charge on any atom is -0.491 e. The number of carboxylic acid groups (broad SMARTS) is 1. The van der Waals surface area contributed by atoms with Gasteiger partial charge in [-0.15, -0.1) is 0 Å². The molecule has 3 rings (SSSR count). The number of aliphatic carboxylic acids is 1.